The van der Waals surface area contributed by atoms with Gasteiger partial charge < -0.3 is 0 Å². The Morgan fingerprint density at radius 2 is 1.83 bits per heavy atom. The van der Waals surface area contributed by atoms with Crippen LogP contribution in [0.25, 0.3) is 0 Å². The van der Waals surface area contributed by atoms with E-state index in [0.29, 0.717) is 0 Å². The molecule has 92 valence electrons. The molecule has 0 saturated heterocycles. The van der Waals surface area contributed by atoms with Gasteiger partial charge in [0.05, 0.1) is 11.3 Å². The summed E-state index contributed by atoms with van der Waals surface area (Å²) in [6.07, 6.45) is 0. The van der Waals surface area contributed by atoms with Gasteiger partial charge in [-0.05, 0) is 24.1 Å². The Hall–Kier alpha value is -1.93. The fraction of sp³-hybridized carbons (Fsp3) is 0.0833. The molecule has 0 aliphatic carbocycles. The van der Waals surface area contributed by atoms with Gasteiger partial charge in [0.1, 0.15) is 24.0 Å². The number of aromatic amines is 1. The first-order valence-corrected chi connectivity index (χ1v) is 5.24. The number of nitrogens with one attached hydrogen (secondary N) is 1. The SMILES string of the molecule is FCc1cc(C#Cc2c(F)cc(Cl)cc2F)[nH]n1. The maximum absolute atomic E-state index is 13.4. The second kappa shape index (κ2) is 5.15. The minimum absolute atomic E-state index is 0.0446. The van der Waals surface area contributed by atoms with Gasteiger partial charge >= 0.3 is 0 Å². The first-order chi connectivity index (χ1) is 8.60. The summed E-state index contributed by atoms with van der Waals surface area (Å²) >= 11 is 5.48. The summed E-state index contributed by atoms with van der Waals surface area (Å²) < 4.78 is 39.0. The lowest BCUT2D eigenvalue weighted by Crippen LogP contribution is -1.90. The summed E-state index contributed by atoms with van der Waals surface area (Å²) in [4.78, 5) is 0. The predicted octanol–water partition coefficient (Wildman–Crippen LogP) is 3.21. The number of H-pyrrole nitrogens is 1. The molecule has 2 rings (SSSR count). The van der Waals surface area contributed by atoms with Crippen LogP contribution < -0.4 is 0 Å². The molecule has 0 atom stereocenters. The number of alkyl halides is 1. The van der Waals surface area contributed by atoms with E-state index in [2.05, 4.69) is 22.0 Å². The molecule has 0 spiro atoms. The van der Waals surface area contributed by atoms with Crippen LogP contribution in [0.1, 0.15) is 17.0 Å². The van der Waals surface area contributed by atoms with Crippen molar-refractivity contribution in [2.45, 2.75) is 6.67 Å². The highest BCUT2D eigenvalue weighted by molar-refractivity contribution is 6.30. The molecule has 1 heterocycles. The Kier molecular flexibility index (Phi) is 3.58. The second-order valence-electron chi connectivity index (χ2n) is 3.40. The van der Waals surface area contributed by atoms with Gasteiger partial charge in [-0.25, -0.2) is 13.2 Å². The molecule has 0 radical (unpaired) electrons. The van der Waals surface area contributed by atoms with E-state index in [1.165, 1.54) is 6.07 Å². The van der Waals surface area contributed by atoms with Crippen LogP contribution in [-0.2, 0) is 6.67 Å². The minimum atomic E-state index is -0.849. The molecule has 18 heavy (non-hydrogen) atoms. The zero-order valence-electron chi connectivity index (χ0n) is 8.90. The van der Waals surface area contributed by atoms with Crippen molar-refractivity contribution in [2.75, 3.05) is 0 Å². The summed E-state index contributed by atoms with van der Waals surface area (Å²) in [5.41, 5.74) is 0.0588. The van der Waals surface area contributed by atoms with Gasteiger partial charge in [-0.2, -0.15) is 5.10 Å². The molecule has 6 heteroatoms. The standard InChI is InChI=1S/C12H6ClF3N2/c13-7-3-11(15)10(12(16)4-7)2-1-8-5-9(6-14)18-17-8/h3-5H,6H2,(H,17,18). The van der Waals surface area contributed by atoms with E-state index in [0.717, 1.165) is 12.1 Å². The van der Waals surface area contributed by atoms with Crippen molar-refractivity contribution in [3.05, 3.63) is 51.8 Å². The molecular weight excluding hydrogens is 265 g/mol. The minimum Gasteiger partial charge on any atom is -0.270 e. The Bertz CT molecular complexity index is 617. The number of benzene rings is 1. The van der Waals surface area contributed by atoms with Crippen LogP contribution in [0.4, 0.5) is 13.2 Å². The third-order valence-electron chi connectivity index (χ3n) is 2.10. The van der Waals surface area contributed by atoms with Crippen molar-refractivity contribution >= 4 is 11.6 Å². The lowest BCUT2D eigenvalue weighted by atomic mass is 10.2. The second-order valence-corrected chi connectivity index (χ2v) is 3.84. The van der Waals surface area contributed by atoms with Crippen LogP contribution in [0.5, 0.6) is 0 Å². The van der Waals surface area contributed by atoms with Crippen LogP contribution in [0, 0.1) is 23.5 Å². The molecule has 0 unspecified atom stereocenters. The Morgan fingerprint density at radius 1 is 1.17 bits per heavy atom. The van der Waals surface area contributed by atoms with Gasteiger partial charge in [-0.1, -0.05) is 17.5 Å². The maximum atomic E-state index is 13.4. The smallest absolute Gasteiger partial charge is 0.143 e. The third kappa shape index (κ3) is 2.66. The molecule has 2 aromatic rings. The number of hydrogen-bond donors (Lipinski definition) is 1. The Balaban J connectivity index is 2.35. The third-order valence-corrected chi connectivity index (χ3v) is 2.32. The zero-order valence-corrected chi connectivity index (χ0v) is 9.65. The fourth-order valence-corrected chi connectivity index (χ4v) is 1.48. The Morgan fingerprint density at radius 3 is 2.39 bits per heavy atom. The summed E-state index contributed by atoms with van der Waals surface area (Å²) in [6, 6.07) is 3.29. The van der Waals surface area contributed by atoms with Crippen molar-refractivity contribution in [1.82, 2.24) is 10.2 Å². The largest absolute Gasteiger partial charge is 0.270 e. The average molecular weight is 271 g/mol. The van der Waals surface area contributed by atoms with Gasteiger partial charge in [0, 0.05) is 5.02 Å². The van der Waals surface area contributed by atoms with Crippen LogP contribution in [0.3, 0.4) is 0 Å². The molecule has 0 amide bonds. The quantitative estimate of drug-likeness (QED) is 0.792. The molecular formula is C12H6ClF3N2. The molecule has 0 aliphatic heterocycles. The molecule has 1 aromatic heterocycles. The van der Waals surface area contributed by atoms with E-state index in [1.807, 2.05) is 0 Å². The zero-order chi connectivity index (χ0) is 13.1. The van der Waals surface area contributed by atoms with Gasteiger partial charge in [0.25, 0.3) is 0 Å². The number of aromatic nitrogens is 2. The number of rotatable bonds is 1. The lowest BCUT2D eigenvalue weighted by molar-refractivity contribution is 0.475. The Labute approximate surface area is 106 Å². The highest BCUT2D eigenvalue weighted by atomic mass is 35.5. The molecule has 0 fully saturated rings. The maximum Gasteiger partial charge on any atom is 0.143 e. The van der Waals surface area contributed by atoms with Crippen LogP contribution in [-0.4, -0.2) is 10.2 Å². The fourth-order valence-electron chi connectivity index (χ4n) is 1.29. The van der Waals surface area contributed by atoms with Gasteiger partial charge in [-0.15, -0.1) is 0 Å². The van der Waals surface area contributed by atoms with Gasteiger partial charge in [0.2, 0.25) is 0 Å². The van der Waals surface area contributed by atoms with Crippen LogP contribution >= 0.6 is 11.6 Å². The van der Waals surface area contributed by atoms with E-state index < -0.39 is 23.9 Å². The molecule has 0 saturated carbocycles. The molecule has 1 aromatic carbocycles. The van der Waals surface area contributed by atoms with Gasteiger partial charge in [-0.3, -0.25) is 5.10 Å². The number of nitrogens with zero attached hydrogens (tertiary/aromatic N) is 1. The average Bonchev–Trinajstić information content (AvgIpc) is 2.75. The van der Waals surface area contributed by atoms with E-state index in [9.17, 15) is 13.2 Å². The number of hydrogen-bond acceptors (Lipinski definition) is 1. The topological polar surface area (TPSA) is 28.7 Å². The lowest BCUT2D eigenvalue weighted by Gasteiger charge is -1.97. The summed E-state index contributed by atoms with van der Waals surface area (Å²) in [5.74, 6) is 3.07. The molecule has 1 N–H and O–H groups in total. The van der Waals surface area contributed by atoms with Crippen LogP contribution in [0.2, 0.25) is 5.02 Å². The van der Waals surface area contributed by atoms with Crippen LogP contribution in [0.15, 0.2) is 18.2 Å². The first kappa shape index (κ1) is 12.5. The summed E-state index contributed by atoms with van der Waals surface area (Å²) in [7, 11) is 0. The van der Waals surface area contributed by atoms with Crippen molar-refractivity contribution in [1.29, 1.82) is 0 Å². The first-order valence-electron chi connectivity index (χ1n) is 4.87. The highest BCUT2D eigenvalue weighted by Gasteiger charge is 2.08. The number of halogens is 4. The molecule has 0 aliphatic rings. The molecule has 0 bridgehead atoms. The van der Waals surface area contributed by atoms with E-state index in [1.54, 1.807) is 0 Å². The highest BCUT2D eigenvalue weighted by Crippen LogP contribution is 2.18. The van der Waals surface area contributed by atoms with Crippen molar-refractivity contribution in [3.63, 3.8) is 0 Å². The van der Waals surface area contributed by atoms with E-state index >= 15 is 0 Å². The van der Waals surface area contributed by atoms with Crippen molar-refractivity contribution < 1.29 is 13.2 Å². The molecule has 2 nitrogen and oxygen atoms in total. The van der Waals surface area contributed by atoms with Crippen molar-refractivity contribution in [2.24, 2.45) is 0 Å². The summed E-state index contributed by atoms with van der Waals surface area (Å²) in [5, 5.41) is 5.99. The normalized spacial score (nSPS) is 10.0. The van der Waals surface area contributed by atoms with E-state index in [-0.39, 0.29) is 16.4 Å². The predicted molar refractivity (Wildman–Crippen MR) is 60.7 cm³/mol. The monoisotopic (exact) mass is 270 g/mol. The summed E-state index contributed by atoms with van der Waals surface area (Å²) in [6.45, 7) is -0.734. The van der Waals surface area contributed by atoms with E-state index in [4.69, 9.17) is 11.6 Å². The van der Waals surface area contributed by atoms with Crippen molar-refractivity contribution in [3.8, 4) is 11.8 Å². The van der Waals surface area contributed by atoms with Gasteiger partial charge in [0.15, 0.2) is 0 Å².